The highest BCUT2D eigenvalue weighted by Gasteiger charge is 2.15. The molecule has 0 amide bonds. The normalized spacial score (nSPS) is 11.9. The van der Waals surface area contributed by atoms with Gasteiger partial charge < -0.3 is 14.8 Å². The van der Waals surface area contributed by atoms with Gasteiger partial charge in [0.05, 0.1) is 6.61 Å². The van der Waals surface area contributed by atoms with Crippen LogP contribution in [-0.4, -0.2) is 25.2 Å². The molecule has 0 saturated heterocycles. The lowest BCUT2D eigenvalue weighted by atomic mass is 10.2. The maximum atomic E-state index is 11.4. The van der Waals surface area contributed by atoms with Crippen molar-refractivity contribution in [3.63, 3.8) is 0 Å². The van der Waals surface area contributed by atoms with Crippen LogP contribution in [0.15, 0.2) is 24.3 Å². The Kier molecular flexibility index (Phi) is 6.97. The molecule has 106 valence electrons. The number of ether oxygens (including phenoxy) is 2. The van der Waals surface area contributed by atoms with Crippen molar-refractivity contribution in [1.29, 1.82) is 0 Å². The lowest BCUT2D eigenvalue weighted by Crippen LogP contribution is -2.26. The maximum Gasteiger partial charge on any atom is 0.347 e. The van der Waals surface area contributed by atoms with E-state index in [9.17, 15) is 4.79 Å². The molecular formula is C15H23NO3. The summed E-state index contributed by atoms with van der Waals surface area (Å²) in [6.45, 7) is 7.84. The monoisotopic (exact) mass is 265 g/mol. The molecule has 19 heavy (non-hydrogen) atoms. The molecule has 0 aromatic heterocycles. The Bertz CT molecular complexity index is 375. The molecule has 0 aliphatic heterocycles. The van der Waals surface area contributed by atoms with Crippen LogP contribution < -0.4 is 10.1 Å². The summed E-state index contributed by atoms with van der Waals surface area (Å²) in [6.07, 6.45) is 0.544. The van der Waals surface area contributed by atoms with Crippen LogP contribution in [0.5, 0.6) is 5.75 Å². The average Bonchev–Trinajstić information content (AvgIpc) is 2.41. The molecule has 0 radical (unpaired) electrons. The van der Waals surface area contributed by atoms with Crippen LogP contribution in [0.25, 0.3) is 0 Å². The summed E-state index contributed by atoms with van der Waals surface area (Å²) in [7, 11) is 0. The van der Waals surface area contributed by atoms with E-state index in [1.165, 1.54) is 5.56 Å². The van der Waals surface area contributed by atoms with Crippen molar-refractivity contribution in [3.05, 3.63) is 29.8 Å². The largest absolute Gasteiger partial charge is 0.479 e. The molecular weight excluding hydrogens is 242 g/mol. The Morgan fingerprint density at radius 1 is 1.26 bits per heavy atom. The first-order valence-electron chi connectivity index (χ1n) is 6.80. The summed E-state index contributed by atoms with van der Waals surface area (Å²) in [5, 5.41) is 3.33. The fourth-order valence-corrected chi connectivity index (χ4v) is 1.61. The standard InChI is InChI=1S/C15H23NO3/c1-4-10-16-11-13-6-8-14(9-7-13)19-12(3)15(17)18-5-2/h6-9,12,16H,4-5,10-11H2,1-3H3. The van der Waals surface area contributed by atoms with Crippen LogP contribution in [0.2, 0.25) is 0 Å². The fraction of sp³-hybridized carbons (Fsp3) is 0.533. The van der Waals surface area contributed by atoms with E-state index in [0.717, 1.165) is 19.5 Å². The highest BCUT2D eigenvalue weighted by molar-refractivity contribution is 5.74. The lowest BCUT2D eigenvalue weighted by Gasteiger charge is -2.13. The van der Waals surface area contributed by atoms with E-state index in [0.29, 0.717) is 12.4 Å². The van der Waals surface area contributed by atoms with Gasteiger partial charge in [0.1, 0.15) is 5.75 Å². The molecule has 1 atom stereocenters. The van der Waals surface area contributed by atoms with Crippen LogP contribution >= 0.6 is 0 Å². The number of hydrogen-bond acceptors (Lipinski definition) is 4. The third kappa shape index (κ3) is 5.75. The van der Waals surface area contributed by atoms with Crippen LogP contribution in [0.3, 0.4) is 0 Å². The quantitative estimate of drug-likeness (QED) is 0.579. The number of rotatable bonds is 8. The minimum absolute atomic E-state index is 0.337. The molecule has 0 saturated carbocycles. The molecule has 0 fully saturated rings. The minimum atomic E-state index is -0.580. The first-order chi connectivity index (χ1) is 9.17. The van der Waals surface area contributed by atoms with E-state index in [1.54, 1.807) is 13.8 Å². The van der Waals surface area contributed by atoms with Crippen LogP contribution in [-0.2, 0) is 16.1 Å². The number of esters is 1. The third-order valence-electron chi connectivity index (χ3n) is 2.61. The van der Waals surface area contributed by atoms with Crippen molar-refractivity contribution in [2.75, 3.05) is 13.2 Å². The van der Waals surface area contributed by atoms with Gasteiger partial charge in [-0.1, -0.05) is 19.1 Å². The molecule has 1 rings (SSSR count). The van der Waals surface area contributed by atoms with E-state index in [4.69, 9.17) is 9.47 Å². The molecule has 1 N–H and O–H groups in total. The molecule has 1 aromatic carbocycles. The number of benzene rings is 1. The Morgan fingerprint density at radius 2 is 1.95 bits per heavy atom. The van der Waals surface area contributed by atoms with Gasteiger partial charge >= 0.3 is 5.97 Å². The zero-order chi connectivity index (χ0) is 14.1. The third-order valence-corrected chi connectivity index (χ3v) is 2.61. The van der Waals surface area contributed by atoms with Gasteiger partial charge in [-0.25, -0.2) is 4.79 Å². The van der Waals surface area contributed by atoms with Crippen molar-refractivity contribution in [2.45, 2.75) is 39.8 Å². The minimum Gasteiger partial charge on any atom is -0.479 e. The highest BCUT2D eigenvalue weighted by Crippen LogP contribution is 2.14. The van der Waals surface area contributed by atoms with E-state index in [1.807, 2.05) is 24.3 Å². The summed E-state index contributed by atoms with van der Waals surface area (Å²) in [6, 6.07) is 7.74. The molecule has 0 heterocycles. The van der Waals surface area contributed by atoms with E-state index in [2.05, 4.69) is 12.2 Å². The zero-order valence-electron chi connectivity index (χ0n) is 11.9. The lowest BCUT2D eigenvalue weighted by molar-refractivity contribution is -0.150. The second kappa shape index (κ2) is 8.53. The van der Waals surface area contributed by atoms with Gasteiger partial charge in [-0.05, 0) is 44.5 Å². The Labute approximate surface area is 115 Å². The molecule has 4 heteroatoms. The SMILES string of the molecule is CCCNCc1ccc(OC(C)C(=O)OCC)cc1. The van der Waals surface area contributed by atoms with Gasteiger partial charge in [-0.3, -0.25) is 0 Å². The zero-order valence-corrected chi connectivity index (χ0v) is 11.9. The van der Waals surface area contributed by atoms with Crippen molar-refractivity contribution < 1.29 is 14.3 Å². The molecule has 1 unspecified atom stereocenters. The van der Waals surface area contributed by atoms with E-state index >= 15 is 0 Å². The number of nitrogens with one attached hydrogen (secondary N) is 1. The number of hydrogen-bond donors (Lipinski definition) is 1. The van der Waals surface area contributed by atoms with E-state index < -0.39 is 6.10 Å². The first-order valence-corrected chi connectivity index (χ1v) is 6.80. The van der Waals surface area contributed by atoms with Gasteiger partial charge in [0.25, 0.3) is 0 Å². The molecule has 4 nitrogen and oxygen atoms in total. The maximum absolute atomic E-state index is 11.4. The van der Waals surface area contributed by atoms with Gasteiger partial charge in [0, 0.05) is 6.54 Å². The predicted octanol–water partition coefficient (Wildman–Crippen LogP) is 2.52. The number of carbonyl (C=O) groups excluding carboxylic acids is 1. The summed E-state index contributed by atoms with van der Waals surface area (Å²) in [5.41, 5.74) is 1.20. The van der Waals surface area contributed by atoms with E-state index in [-0.39, 0.29) is 5.97 Å². The molecule has 0 aliphatic rings. The average molecular weight is 265 g/mol. The summed E-state index contributed by atoms with van der Waals surface area (Å²) < 4.78 is 10.4. The summed E-state index contributed by atoms with van der Waals surface area (Å²) >= 11 is 0. The summed E-state index contributed by atoms with van der Waals surface area (Å²) in [4.78, 5) is 11.4. The van der Waals surface area contributed by atoms with Crippen molar-refractivity contribution in [1.82, 2.24) is 5.32 Å². The molecule has 0 spiro atoms. The van der Waals surface area contributed by atoms with Gasteiger partial charge in [0.2, 0.25) is 0 Å². The summed E-state index contributed by atoms with van der Waals surface area (Å²) in [5.74, 6) is 0.344. The topological polar surface area (TPSA) is 47.6 Å². The van der Waals surface area contributed by atoms with Crippen LogP contribution in [0, 0.1) is 0 Å². The predicted molar refractivity (Wildman–Crippen MR) is 75.2 cm³/mol. The Hall–Kier alpha value is -1.55. The smallest absolute Gasteiger partial charge is 0.347 e. The number of carbonyl (C=O) groups is 1. The molecule has 1 aromatic rings. The molecule has 0 bridgehead atoms. The van der Waals surface area contributed by atoms with Gasteiger partial charge in [-0.2, -0.15) is 0 Å². The van der Waals surface area contributed by atoms with Gasteiger partial charge in [-0.15, -0.1) is 0 Å². The Morgan fingerprint density at radius 3 is 2.53 bits per heavy atom. The van der Waals surface area contributed by atoms with Crippen molar-refractivity contribution in [2.24, 2.45) is 0 Å². The van der Waals surface area contributed by atoms with Gasteiger partial charge in [0.15, 0.2) is 6.10 Å². The second-order valence-electron chi connectivity index (χ2n) is 4.33. The van der Waals surface area contributed by atoms with Crippen molar-refractivity contribution >= 4 is 5.97 Å². The molecule has 0 aliphatic carbocycles. The first kappa shape index (κ1) is 15.5. The fourth-order valence-electron chi connectivity index (χ4n) is 1.61. The Balaban J connectivity index is 2.45. The second-order valence-corrected chi connectivity index (χ2v) is 4.33. The van der Waals surface area contributed by atoms with Crippen LogP contribution in [0.1, 0.15) is 32.8 Å². The van der Waals surface area contributed by atoms with Crippen molar-refractivity contribution in [3.8, 4) is 5.75 Å². The highest BCUT2D eigenvalue weighted by atomic mass is 16.6. The van der Waals surface area contributed by atoms with Crippen LogP contribution in [0.4, 0.5) is 0 Å².